The number of aryl methyl sites for hydroxylation is 1. The molecule has 0 saturated carbocycles. The van der Waals surface area contributed by atoms with Crippen molar-refractivity contribution in [1.29, 1.82) is 0 Å². The number of fused-ring (bicyclic) bond motifs is 1. The number of ether oxygens (including phenoxy) is 1. The quantitative estimate of drug-likeness (QED) is 0.792. The molecule has 4 heteroatoms. The minimum atomic E-state index is -0.966. The van der Waals surface area contributed by atoms with E-state index in [1.165, 1.54) is 25.3 Å². The van der Waals surface area contributed by atoms with Crippen molar-refractivity contribution in [3.8, 4) is 5.75 Å². The summed E-state index contributed by atoms with van der Waals surface area (Å²) in [4.78, 5) is 0. The third-order valence-electron chi connectivity index (χ3n) is 3.45. The molecule has 1 unspecified atom stereocenters. The van der Waals surface area contributed by atoms with Gasteiger partial charge in [-0.2, -0.15) is 0 Å². The van der Waals surface area contributed by atoms with E-state index < -0.39 is 11.9 Å². The Kier molecular flexibility index (Phi) is 3.39. The van der Waals surface area contributed by atoms with Gasteiger partial charge in [-0.25, -0.2) is 4.39 Å². The van der Waals surface area contributed by atoms with Crippen LogP contribution in [-0.4, -0.2) is 12.2 Å². The van der Waals surface area contributed by atoms with Crippen molar-refractivity contribution in [3.63, 3.8) is 0 Å². The van der Waals surface area contributed by atoms with Gasteiger partial charge in [-0.05, 0) is 42.8 Å². The van der Waals surface area contributed by atoms with Crippen molar-refractivity contribution in [2.45, 2.75) is 13.0 Å². The lowest BCUT2D eigenvalue weighted by atomic mass is 10.1. The van der Waals surface area contributed by atoms with Gasteiger partial charge >= 0.3 is 0 Å². The maximum Gasteiger partial charge on any atom is 0.165 e. The molecule has 3 aromatic rings. The average Bonchev–Trinajstić information content (AvgIpc) is 2.90. The van der Waals surface area contributed by atoms with Gasteiger partial charge in [0.25, 0.3) is 0 Å². The van der Waals surface area contributed by atoms with Gasteiger partial charge in [-0.15, -0.1) is 0 Å². The van der Waals surface area contributed by atoms with Crippen LogP contribution < -0.4 is 4.74 Å². The maximum atomic E-state index is 13.4. The molecule has 0 aliphatic carbocycles. The van der Waals surface area contributed by atoms with Crippen LogP contribution >= 0.6 is 0 Å². The number of hydrogen-bond donors (Lipinski definition) is 1. The predicted molar refractivity (Wildman–Crippen MR) is 78.0 cm³/mol. The third-order valence-corrected chi connectivity index (χ3v) is 3.45. The van der Waals surface area contributed by atoms with Crippen LogP contribution in [0.3, 0.4) is 0 Å². The normalized spacial score (nSPS) is 12.6. The summed E-state index contributed by atoms with van der Waals surface area (Å²) in [5.74, 6) is 0.0523. The second-order valence-electron chi connectivity index (χ2n) is 4.99. The topological polar surface area (TPSA) is 42.6 Å². The summed E-state index contributed by atoms with van der Waals surface area (Å²) < 4.78 is 24.0. The molecule has 1 aromatic heterocycles. The summed E-state index contributed by atoms with van der Waals surface area (Å²) in [6.45, 7) is 1.99. The Hall–Kier alpha value is -2.33. The average molecular weight is 286 g/mol. The van der Waals surface area contributed by atoms with E-state index in [-0.39, 0.29) is 5.75 Å². The zero-order valence-corrected chi connectivity index (χ0v) is 11.8. The number of furan rings is 1. The highest BCUT2D eigenvalue weighted by molar-refractivity contribution is 5.78. The van der Waals surface area contributed by atoms with Crippen molar-refractivity contribution < 1.29 is 18.7 Å². The fourth-order valence-electron chi connectivity index (χ4n) is 2.33. The fraction of sp³-hybridized carbons (Fsp3) is 0.176. The van der Waals surface area contributed by atoms with Crippen LogP contribution in [0.2, 0.25) is 0 Å². The van der Waals surface area contributed by atoms with Gasteiger partial charge < -0.3 is 14.3 Å². The predicted octanol–water partition coefficient (Wildman–Crippen LogP) is 3.97. The Morgan fingerprint density at radius 3 is 2.71 bits per heavy atom. The van der Waals surface area contributed by atoms with Crippen molar-refractivity contribution in [2.75, 3.05) is 7.11 Å². The van der Waals surface area contributed by atoms with Crippen LogP contribution in [0.4, 0.5) is 4.39 Å². The standard InChI is InChI=1S/C17H15FO3/c1-10-3-6-14-12(7-10)9-16(21-14)17(19)11-4-5-13(18)15(8-11)20-2/h3-9,17,19H,1-2H3. The summed E-state index contributed by atoms with van der Waals surface area (Å²) in [6, 6.07) is 11.8. The molecular weight excluding hydrogens is 271 g/mol. The minimum Gasteiger partial charge on any atom is -0.494 e. The number of benzene rings is 2. The number of hydrogen-bond acceptors (Lipinski definition) is 3. The Labute approximate surface area is 121 Å². The number of aliphatic hydroxyl groups is 1. The summed E-state index contributed by atoms with van der Waals surface area (Å²) in [6.07, 6.45) is -0.966. The van der Waals surface area contributed by atoms with E-state index in [4.69, 9.17) is 9.15 Å². The first kappa shape index (κ1) is 13.6. The van der Waals surface area contributed by atoms with E-state index in [0.29, 0.717) is 16.9 Å². The first-order chi connectivity index (χ1) is 10.1. The van der Waals surface area contributed by atoms with E-state index in [1.807, 2.05) is 25.1 Å². The van der Waals surface area contributed by atoms with Gasteiger partial charge in [0, 0.05) is 5.39 Å². The molecule has 0 bridgehead atoms. The molecule has 108 valence electrons. The van der Waals surface area contributed by atoms with Gasteiger partial charge in [0.15, 0.2) is 11.6 Å². The maximum absolute atomic E-state index is 13.4. The third kappa shape index (κ3) is 2.50. The number of rotatable bonds is 3. The molecule has 0 amide bonds. The summed E-state index contributed by atoms with van der Waals surface area (Å²) in [7, 11) is 1.39. The number of halogens is 1. The molecule has 0 aliphatic rings. The Balaban J connectivity index is 2.01. The molecule has 0 aliphatic heterocycles. The Morgan fingerprint density at radius 2 is 1.95 bits per heavy atom. The first-order valence-electron chi connectivity index (χ1n) is 6.60. The van der Waals surface area contributed by atoms with E-state index in [9.17, 15) is 9.50 Å². The molecule has 3 nitrogen and oxygen atoms in total. The smallest absolute Gasteiger partial charge is 0.165 e. The lowest BCUT2D eigenvalue weighted by Gasteiger charge is -2.10. The Bertz CT molecular complexity index is 792. The van der Waals surface area contributed by atoms with Gasteiger partial charge in [-0.3, -0.25) is 0 Å². The monoisotopic (exact) mass is 286 g/mol. The summed E-state index contributed by atoms with van der Waals surface area (Å²) in [5.41, 5.74) is 2.35. The first-order valence-corrected chi connectivity index (χ1v) is 6.60. The number of aliphatic hydroxyl groups excluding tert-OH is 1. The highest BCUT2D eigenvalue weighted by atomic mass is 19.1. The van der Waals surface area contributed by atoms with Gasteiger partial charge in [-0.1, -0.05) is 17.7 Å². The molecular formula is C17H15FO3. The second-order valence-corrected chi connectivity index (χ2v) is 4.99. The van der Waals surface area contributed by atoms with Crippen molar-refractivity contribution in [3.05, 3.63) is 65.2 Å². The highest BCUT2D eigenvalue weighted by Gasteiger charge is 2.17. The molecule has 0 spiro atoms. The van der Waals surface area contributed by atoms with Gasteiger partial charge in [0.05, 0.1) is 7.11 Å². The fourth-order valence-corrected chi connectivity index (χ4v) is 2.33. The SMILES string of the molecule is COc1cc(C(O)c2cc3cc(C)ccc3o2)ccc1F. The lowest BCUT2D eigenvalue weighted by Crippen LogP contribution is -1.99. The van der Waals surface area contributed by atoms with Gasteiger partial charge in [0.1, 0.15) is 17.4 Å². The summed E-state index contributed by atoms with van der Waals surface area (Å²) in [5, 5.41) is 11.3. The zero-order chi connectivity index (χ0) is 15.0. The molecule has 0 radical (unpaired) electrons. The van der Waals surface area contributed by atoms with Crippen LogP contribution in [0.25, 0.3) is 11.0 Å². The Morgan fingerprint density at radius 1 is 1.14 bits per heavy atom. The molecule has 0 fully saturated rings. The molecule has 0 saturated heterocycles. The zero-order valence-electron chi connectivity index (χ0n) is 11.8. The van der Waals surface area contributed by atoms with Gasteiger partial charge in [0.2, 0.25) is 0 Å². The van der Waals surface area contributed by atoms with E-state index in [0.717, 1.165) is 10.9 Å². The van der Waals surface area contributed by atoms with Crippen molar-refractivity contribution in [1.82, 2.24) is 0 Å². The molecule has 1 atom stereocenters. The van der Waals surface area contributed by atoms with Crippen LogP contribution in [0, 0.1) is 12.7 Å². The molecule has 3 rings (SSSR count). The van der Waals surface area contributed by atoms with E-state index in [1.54, 1.807) is 6.07 Å². The number of methoxy groups -OCH3 is 1. The second kappa shape index (κ2) is 5.22. The largest absolute Gasteiger partial charge is 0.494 e. The lowest BCUT2D eigenvalue weighted by molar-refractivity contribution is 0.191. The highest BCUT2D eigenvalue weighted by Crippen LogP contribution is 2.31. The van der Waals surface area contributed by atoms with Crippen LogP contribution in [-0.2, 0) is 0 Å². The van der Waals surface area contributed by atoms with Crippen LogP contribution in [0.15, 0.2) is 46.9 Å². The molecule has 1 N–H and O–H groups in total. The van der Waals surface area contributed by atoms with E-state index >= 15 is 0 Å². The molecule has 2 aromatic carbocycles. The van der Waals surface area contributed by atoms with Crippen molar-refractivity contribution in [2.24, 2.45) is 0 Å². The van der Waals surface area contributed by atoms with Crippen molar-refractivity contribution >= 4 is 11.0 Å². The summed E-state index contributed by atoms with van der Waals surface area (Å²) >= 11 is 0. The molecule has 21 heavy (non-hydrogen) atoms. The van der Waals surface area contributed by atoms with E-state index in [2.05, 4.69) is 0 Å². The molecule has 1 heterocycles. The van der Waals surface area contributed by atoms with Crippen LogP contribution in [0.1, 0.15) is 23.0 Å². The van der Waals surface area contributed by atoms with Crippen LogP contribution in [0.5, 0.6) is 5.75 Å². The minimum absolute atomic E-state index is 0.0958.